The topological polar surface area (TPSA) is 117 Å². The van der Waals surface area contributed by atoms with Crippen LogP contribution in [0.3, 0.4) is 0 Å². The van der Waals surface area contributed by atoms with Gasteiger partial charge in [-0.1, -0.05) is 26.0 Å². The van der Waals surface area contributed by atoms with Crippen molar-refractivity contribution in [3.05, 3.63) is 47.4 Å². The third-order valence-electron chi connectivity index (χ3n) is 5.50. The number of carbonyl (C=O) groups is 1. The summed E-state index contributed by atoms with van der Waals surface area (Å²) in [5, 5.41) is 6.73. The summed E-state index contributed by atoms with van der Waals surface area (Å²) < 4.78 is 25.1. The number of sulfone groups is 1. The number of fused-ring (bicyclic) bond motifs is 2. The molecule has 0 spiro atoms. The van der Waals surface area contributed by atoms with E-state index in [-0.39, 0.29) is 23.6 Å². The van der Waals surface area contributed by atoms with Gasteiger partial charge in [0.1, 0.15) is 23.5 Å². The first-order valence-corrected chi connectivity index (χ1v) is 11.6. The molecular formula is C21H25N5O3S. The molecule has 3 heterocycles. The van der Waals surface area contributed by atoms with Crippen LogP contribution >= 0.6 is 0 Å². The predicted molar refractivity (Wildman–Crippen MR) is 115 cm³/mol. The van der Waals surface area contributed by atoms with E-state index in [2.05, 4.69) is 39.4 Å². The molecule has 9 heteroatoms. The third-order valence-corrected chi connectivity index (χ3v) is 7.38. The Bertz CT molecular complexity index is 1220. The predicted octanol–water partition coefficient (Wildman–Crippen LogP) is 2.85. The van der Waals surface area contributed by atoms with Gasteiger partial charge in [0.15, 0.2) is 9.84 Å². The second-order valence-corrected chi connectivity index (χ2v) is 9.98. The van der Waals surface area contributed by atoms with Crippen LogP contribution in [0.5, 0.6) is 0 Å². The normalized spacial score (nSPS) is 16.3. The lowest BCUT2D eigenvalue weighted by molar-refractivity contribution is 0.0959. The summed E-state index contributed by atoms with van der Waals surface area (Å²) in [5.74, 6) is 0.711. The van der Waals surface area contributed by atoms with E-state index in [1.165, 1.54) is 6.33 Å². The number of nitrogens with one attached hydrogen (secondary N) is 3. The Morgan fingerprint density at radius 2 is 2.00 bits per heavy atom. The molecule has 30 heavy (non-hydrogen) atoms. The van der Waals surface area contributed by atoms with Crippen LogP contribution in [0.25, 0.3) is 11.0 Å². The van der Waals surface area contributed by atoms with Gasteiger partial charge >= 0.3 is 0 Å². The molecule has 4 rings (SSSR count). The summed E-state index contributed by atoms with van der Waals surface area (Å²) in [5.41, 5.74) is 2.74. The van der Waals surface area contributed by atoms with Gasteiger partial charge in [0.05, 0.1) is 22.1 Å². The number of aryl methyl sites for hydroxylation is 1. The van der Waals surface area contributed by atoms with Crippen LogP contribution in [0, 0.1) is 5.92 Å². The molecule has 8 nitrogen and oxygen atoms in total. The lowest BCUT2D eigenvalue weighted by Crippen LogP contribution is -2.20. The molecule has 1 atom stereocenters. The number of nitrogens with zero attached hydrogens (tertiary/aromatic N) is 2. The van der Waals surface area contributed by atoms with Crippen LogP contribution in [0.1, 0.15) is 47.9 Å². The van der Waals surface area contributed by atoms with Crippen LogP contribution in [0.15, 0.2) is 35.5 Å². The van der Waals surface area contributed by atoms with E-state index in [9.17, 15) is 13.2 Å². The number of aromatic amines is 1. The molecule has 3 N–H and O–H groups in total. The van der Waals surface area contributed by atoms with E-state index in [1.54, 1.807) is 19.2 Å². The molecule has 1 aromatic carbocycles. The number of anilines is 1. The van der Waals surface area contributed by atoms with Crippen LogP contribution in [-0.2, 0) is 16.3 Å². The Morgan fingerprint density at radius 1 is 1.20 bits per heavy atom. The highest BCUT2D eigenvalue weighted by atomic mass is 32.2. The molecule has 2 aromatic heterocycles. The Balaban J connectivity index is 1.74. The molecule has 1 aliphatic rings. The number of carbonyl (C=O) groups excluding carboxylic acids is 1. The van der Waals surface area contributed by atoms with Gasteiger partial charge in [-0.2, -0.15) is 0 Å². The lowest BCUT2D eigenvalue weighted by Gasteiger charge is -2.26. The second kappa shape index (κ2) is 7.71. The fourth-order valence-electron chi connectivity index (χ4n) is 3.92. The summed E-state index contributed by atoms with van der Waals surface area (Å²) >= 11 is 0. The first kappa shape index (κ1) is 20.3. The number of rotatable bonds is 5. The standard InChI is InChI=1S/C21H25N5O3S/c1-12(2)18(14-7-6-13-5-4-8-30(28,29)17(13)9-14)26-20-15-10-16(21(27)22-3)25-19(15)23-11-24-20/h6-7,9-12,18H,4-5,8H2,1-3H3,(H,22,27)(H2,23,24,25,26)/t18-/m0/s1. The summed E-state index contributed by atoms with van der Waals surface area (Å²) in [6.07, 6.45) is 2.89. The van der Waals surface area contributed by atoms with Gasteiger partial charge in [-0.15, -0.1) is 0 Å². The zero-order valence-electron chi connectivity index (χ0n) is 17.2. The number of aromatic nitrogens is 3. The monoisotopic (exact) mass is 427 g/mol. The van der Waals surface area contributed by atoms with Crippen molar-refractivity contribution >= 4 is 32.6 Å². The number of hydrogen-bond donors (Lipinski definition) is 3. The van der Waals surface area contributed by atoms with E-state index >= 15 is 0 Å². The van der Waals surface area contributed by atoms with Crippen molar-refractivity contribution in [3.63, 3.8) is 0 Å². The summed E-state index contributed by atoms with van der Waals surface area (Å²) in [4.78, 5) is 24.0. The number of benzene rings is 1. The van der Waals surface area contributed by atoms with Gasteiger partial charge in [0.25, 0.3) is 5.91 Å². The van der Waals surface area contributed by atoms with Crippen LogP contribution in [0.2, 0.25) is 0 Å². The van der Waals surface area contributed by atoms with Gasteiger partial charge in [-0.25, -0.2) is 18.4 Å². The number of amides is 1. The zero-order chi connectivity index (χ0) is 21.5. The van der Waals surface area contributed by atoms with Gasteiger partial charge in [0, 0.05) is 7.05 Å². The largest absolute Gasteiger partial charge is 0.362 e. The van der Waals surface area contributed by atoms with Gasteiger partial charge < -0.3 is 15.6 Å². The molecule has 1 aliphatic heterocycles. The third kappa shape index (κ3) is 3.65. The van der Waals surface area contributed by atoms with E-state index in [0.29, 0.717) is 33.9 Å². The molecule has 0 saturated heterocycles. The molecule has 0 radical (unpaired) electrons. The Kier molecular flexibility index (Phi) is 5.23. The van der Waals surface area contributed by atoms with Crippen LogP contribution in [-0.4, -0.2) is 42.1 Å². The highest BCUT2D eigenvalue weighted by molar-refractivity contribution is 7.91. The number of hydrogen-bond acceptors (Lipinski definition) is 6. The highest BCUT2D eigenvalue weighted by Gasteiger charge is 2.26. The summed E-state index contributed by atoms with van der Waals surface area (Å²) in [6.45, 7) is 4.13. The second-order valence-electron chi connectivity index (χ2n) is 7.90. The first-order valence-electron chi connectivity index (χ1n) is 9.98. The van der Waals surface area contributed by atoms with Crippen molar-refractivity contribution in [3.8, 4) is 0 Å². The highest BCUT2D eigenvalue weighted by Crippen LogP contribution is 2.33. The molecule has 0 fully saturated rings. The smallest absolute Gasteiger partial charge is 0.267 e. The summed E-state index contributed by atoms with van der Waals surface area (Å²) in [6, 6.07) is 7.26. The maximum absolute atomic E-state index is 12.6. The van der Waals surface area contributed by atoms with Crippen molar-refractivity contribution < 1.29 is 13.2 Å². The Hall–Kier alpha value is -2.94. The van der Waals surface area contributed by atoms with Crippen molar-refractivity contribution in [2.24, 2.45) is 5.92 Å². The Morgan fingerprint density at radius 3 is 2.73 bits per heavy atom. The van der Waals surface area contributed by atoms with Crippen molar-refractivity contribution in [2.45, 2.75) is 37.6 Å². The van der Waals surface area contributed by atoms with Gasteiger partial charge in [-0.3, -0.25) is 4.79 Å². The minimum atomic E-state index is -3.24. The van der Waals surface area contributed by atoms with Crippen molar-refractivity contribution in [2.75, 3.05) is 18.1 Å². The van der Waals surface area contributed by atoms with E-state index < -0.39 is 9.84 Å². The van der Waals surface area contributed by atoms with Crippen molar-refractivity contribution in [1.29, 1.82) is 0 Å². The van der Waals surface area contributed by atoms with Crippen LogP contribution < -0.4 is 10.6 Å². The van der Waals surface area contributed by atoms with Gasteiger partial charge in [-0.05, 0) is 42.0 Å². The molecule has 158 valence electrons. The maximum atomic E-state index is 12.6. The average molecular weight is 428 g/mol. The number of H-pyrrole nitrogens is 1. The molecule has 0 unspecified atom stereocenters. The SMILES string of the molecule is CNC(=O)c1cc2c(N[C@H](c3ccc4c(c3)S(=O)(=O)CCC4)C(C)C)ncnc2[nH]1. The minimum absolute atomic E-state index is 0.163. The zero-order valence-corrected chi connectivity index (χ0v) is 18.0. The fourth-order valence-corrected chi connectivity index (χ4v) is 5.55. The fraction of sp³-hybridized carbons (Fsp3) is 0.381. The summed E-state index contributed by atoms with van der Waals surface area (Å²) in [7, 11) is -1.68. The van der Waals surface area contributed by atoms with E-state index in [1.807, 2.05) is 12.1 Å². The molecule has 0 aliphatic carbocycles. The van der Waals surface area contributed by atoms with E-state index in [4.69, 9.17) is 0 Å². The average Bonchev–Trinajstić information content (AvgIpc) is 3.16. The minimum Gasteiger partial charge on any atom is -0.362 e. The quantitative estimate of drug-likeness (QED) is 0.576. The van der Waals surface area contributed by atoms with Crippen molar-refractivity contribution in [1.82, 2.24) is 20.3 Å². The molecule has 0 saturated carbocycles. The lowest BCUT2D eigenvalue weighted by atomic mass is 9.94. The van der Waals surface area contributed by atoms with E-state index in [0.717, 1.165) is 17.5 Å². The first-order chi connectivity index (χ1) is 14.3. The van der Waals surface area contributed by atoms with Crippen LogP contribution in [0.4, 0.5) is 5.82 Å². The molecule has 1 amide bonds. The maximum Gasteiger partial charge on any atom is 0.267 e. The van der Waals surface area contributed by atoms with Gasteiger partial charge in [0.2, 0.25) is 0 Å². The molecule has 0 bridgehead atoms. The molecule has 3 aromatic rings. The molecular weight excluding hydrogens is 402 g/mol. The Labute approximate surface area is 175 Å².